The molecule has 1 aromatic rings. The fraction of sp³-hybridized carbons (Fsp3) is 0.500. The normalized spacial score (nSPS) is 15.9. The van der Waals surface area contributed by atoms with E-state index in [0.717, 1.165) is 29.7 Å². The lowest BCUT2D eigenvalue weighted by Gasteiger charge is -2.15. The molecule has 2 N–H and O–H groups in total. The third kappa shape index (κ3) is 2.99. The number of aryl methyl sites for hydroxylation is 2. The van der Waals surface area contributed by atoms with Gasteiger partial charge in [0.15, 0.2) is 0 Å². The number of carbonyl (C=O) groups is 1. The standard InChI is InChI=1S/C14H20N2O/c1-10-6-5-7-11(2)13(10)16-14(17)15-12-8-3-4-9-12/h5-7,12H,3-4,8-9H2,1-2H3,(H2,15,16,17). The summed E-state index contributed by atoms with van der Waals surface area (Å²) in [6.45, 7) is 4.02. The highest BCUT2D eigenvalue weighted by atomic mass is 16.2. The van der Waals surface area contributed by atoms with Crippen LogP contribution in [-0.2, 0) is 0 Å². The molecule has 0 bridgehead atoms. The Morgan fingerprint density at radius 2 is 1.76 bits per heavy atom. The maximum Gasteiger partial charge on any atom is 0.319 e. The number of amides is 2. The van der Waals surface area contributed by atoms with E-state index in [1.807, 2.05) is 32.0 Å². The second-order valence-electron chi connectivity index (χ2n) is 4.85. The second-order valence-corrected chi connectivity index (χ2v) is 4.85. The van der Waals surface area contributed by atoms with Gasteiger partial charge in [-0.2, -0.15) is 0 Å². The molecule has 0 heterocycles. The first-order chi connectivity index (χ1) is 8.16. The van der Waals surface area contributed by atoms with Gasteiger partial charge < -0.3 is 10.6 Å². The maximum atomic E-state index is 11.9. The smallest absolute Gasteiger partial charge is 0.319 e. The summed E-state index contributed by atoms with van der Waals surface area (Å²) in [5.74, 6) is 0. The number of hydrogen-bond donors (Lipinski definition) is 2. The average Bonchev–Trinajstić information content (AvgIpc) is 2.76. The largest absolute Gasteiger partial charge is 0.335 e. The van der Waals surface area contributed by atoms with Crippen LogP contribution in [0, 0.1) is 13.8 Å². The molecule has 1 fully saturated rings. The Hall–Kier alpha value is -1.51. The van der Waals surface area contributed by atoms with E-state index in [4.69, 9.17) is 0 Å². The van der Waals surface area contributed by atoms with E-state index in [9.17, 15) is 4.79 Å². The molecule has 3 nitrogen and oxygen atoms in total. The number of para-hydroxylation sites is 1. The summed E-state index contributed by atoms with van der Waals surface area (Å²) < 4.78 is 0. The van der Waals surface area contributed by atoms with Crippen LogP contribution < -0.4 is 10.6 Å². The summed E-state index contributed by atoms with van der Waals surface area (Å²) >= 11 is 0. The van der Waals surface area contributed by atoms with E-state index >= 15 is 0 Å². The minimum absolute atomic E-state index is 0.0747. The highest BCUT2D eigenvalue weighted by molar-refractivity contribution is 5.91. The average molecular weight is 232 g/mol. The van der Waals surface area contributed by atoms with Crippen LogP contribution in [0.15, 0.2) is 18.2 Å². The number of rotatable bonds is 2. The number of anilines is 1. The van der Waals surface area contributed by atoms with E-state index in [1.165, 1.54) is 12.8 Å². The number of nitrogens with one attached hydrogen (secondary N) is 2. The highest BCUT2D eigenvalue weighted by Gasteiger charge is 2.17. The van der Waals surface area contributed by atoms with Gasteiger partial charge in [-0.3, -0.25) is 0 Å². The molecule has 3 heteroatoms. The number of hydrogen-bond acceptors (Lipinski definition) is 1. The third-order valence-corrected chi connectivity index (χ3v) is 3.41. The van der Waals surface area contributed by atoms with Gasteiger partial charge >= 0.3 is 6.03 Å². The van der Waals surface area contributed by atoms with Gasteiger partial charge in [0.1, 0.15) is 0 Å². The van der Waals surface area contributed by atoms with Gasteiger partial charge in [-0.1, -0.05) is 31.0 Å². The van der Waals surface area contributed by atoms with Crippen molar-refractivity contribution in [2.24, 2.45) is 0 Å². The summed E-state index contributed by atoms with van der Waals surface area (Å²) in [4.78, 5) is 11.9. The van der Waals surface area contributed by atoms with Crippen LogP contribution in [-0.4, -0.2) is 12.1 Å². The van der Waals surface area contributed by atoms with Gasteiger partial charge in [0, 0.05) is 11.7 Å². The van der Waals surface area contributed by atoms with E-state index in [0.29, 0.717) is 6.04 Å². The molecule has 2 amide bonds. The topological polar surface area (TPSA) is 41.1 Å². The molecular weight excluding hydrogens is 212 g/mol. The fourth-order valence-corrected chi connectivity index (χ4v) is 2.42. The predicted molar refractivity (Wildman–Crippen MR) is 70.3 cm³/mol. The van der Waals surface area contributed by atoms with Crippen molar-refractivity contribution >= 4 is 11.7 Å². The Labute approximate surface area is 103 Å². The molecule has 0 atom stereocenters. The summed E-state index contributed by atoms with van der Waals surface area (Å²) in [6, 6.07) is 6.31. The van der Waals surface area contributed by atoms with Crippen molar-refractivity contribution in [2.45, 2.75) is 45.6 Å². The first-order valence-corrected chi connectivity index (χ1v) is 6.30. The molecule has 1 saturated carbocycles. The monoisotopic (exact) mass is 232 g/mol. The summed E-state index contributed by atoms with van der Waals surface area (Å²) in [6.07, 6.45) is 4.68. The van der Waals surface area contributed by atoms with Gasteiger partial charge in [-0.25, -0.2) is 4.79 Å². The highest BCUT2D eigenvalue weighted by Crippen LogP contribution is 2.20. The molecule has 1 aliphatic carbocycles. The van der Waals surface area contributed by atoms with Gasteiger partial charge in [-0.15, -0.1) is 0 Å². The molecule has 0 aliphatic heterocycles. The molecule has 0 radical (unpaired) electrons. The SMILES string of the molecule is Cc1cccc(C)c1NC(=O)NC1CCCC1. The zero-order valence-electron chi connectivity index (χ0n) is 10.5. The van der Waals surface area contributed by atoms with Gasteiger partial charge in [0.2, 0.25) is 0 Å². The molecule has 17 heavy (non-hydrogen) atoms. The Morgan fingerprint density at radius 1 is 1.18 bits per heavy atom. The van der Waals surface area contributed by atoms with Crippen molar-refractivity contribution < 1.29 is 4.79 Å². The Kier molecular flexibility index (Phi) is 3.67. The van der Waals surface area contributed by atoms with Crippen LogP contribution in [0.4, 0.5) is 10.5 Å². The van der Waals surface area contributed by atoms with Crippen LogP contribution in [0.3, 0.4) is 0 Å². The number of carbonyl (C=O) groups excluding carboxylic acids is 1. The Balaban J connectivity index is 1.97. The van der Waals surface area contributed by atoms with Crippen LogP contribution in [0.2, 0.25) is 0 Å². The van der Waals surface area contributed by atoms with E-state index in [1.54, 1.807) is 0 Å². The van der Waals surface area contributed by atoms with Crippen LogP contribution in [0.25, 0.3) is 0 Å². The lowest BCUT2D eigenvalue weighted by molar-refractivity contribution is 0.248. The van der Waals surface area contributed by atoms with Crippen molar-refractivity contribution in [3.05, 3.63) is 29.3 Å². The molecule has 92 valence electrons. The first kappa shape index (κ1) is 12.0. The van der Waals surface area contributed by atoms with Crippen molar-refractivity contribution in [1.82, 2.24) is 5.32 Å². The number of urea groups is 1. The maximum absolute atomic E-state index is 11.9. The molecule has 0 aromatic heterocycles. The summed E-state index contributed by atoms with van der Waals surface area (Å²) in [5.41, 5.74) is 3.14. The van der Waals surface area contributed by atoms with Crippen molar-refractivity contribution in [2.75, 3.05) is 5.32 Å². The first-order valence-electron chi connectivity index (χ1n) is 6.30. The molecular formula is C14H20N2O. The van der Waals surface area contributed by atoms with E-state index in [-0.39, 0.29) is 6.03 Å². The van der Waals surface area contributed by atoms with Crippen molar-refractivity contribution in [1.29, 1.82) is 0 Å². The number of benzene rings is 1. The quantitative estimate of drug-likeness (QED) is 0.806. The molecule has 1 aromatic carbocycles. The van der Waals surface area contributed by atoms with Gasteiger partial charge in [0.25, 0.3) is 0 Å². The van der Waals surface area contributed by atoms with Crippen LogP contribution >= 0.6 is 0 Å². The van der Waals surface area contributed by atoms with Crippen molar-refractivity contribution in [3.8, 4) is 0 Å². The fourth-order valence-electron chi connectivity index (χ4n) is 2.42. The lowest BCUT2D eigenvalue weighted by Crippen LogP contribution is -2.36. The third-order valence-electron chi connectivity index (χ3n) is 3.41. The minimum Gasteiger partial charge on any atom is -0.335 e. The molecule has 1 aliphatic rings. The molecule has 2 rings (SSSR count). The molecule has 0 unspecified atom stereocenters. The van der Waals surface area contributed by atoms with E-state index < -0.39 is 0 Å². The Bertz CT molecular complexity index is 388. The van der Waals surface area contributed by atoms with Crippen molar-refractivity contribution in [3.63, 3.8) is 0 Å². The zero-order valence-corrected chi connectivity index (χ0v) is 10.5. The van der Waals surface area contributed by atoms with Gasteiger partial charge in [0.05, 0.1) is 0 Å². The second kappa shape index (κ2) is 5.21. The minimum atomic E-state index is -0.0747. The zero-order chi connectivity index (χ0) is 12.3. The van der Waals surface area contributed by atoms with Crippen LogP contribution in [0.1, 0.15) is 36.8 Å². The van der Waals surface area contributed by atoms with Crippen LogP contribution in [0.5, 0.6) is 0 Å². The summed E-state index contributed by atoms with van der Waals surface area (Å²) in [7, 11) is 0. The molecule has 0 saturated heterocycles. The predicted octanol–water partition coefficient (Wildman–Crippen LogP) is 3.37. The lowest BCUT2D eigenvalue weighted by atomic mass is 10.1. The molecule has 0 spiro atoms. The van der Waals surface area contributed by atoms with Gasteiger partial charge in [-0.05, 0) is 37.8 Å². The Morgan fingerprint density at radius 3 is 2.35 bits per heavy atom. The summed E-state index contributed by atoms with van der Waals surface area (Å²) in [5, 5.41) is 5.99. The van der Waals surface area contributed by atoms with E-state index in [2.05, 4.69) is 10.6 Å².